The van der Waals surface area contributed by atoms with Gasteiger partial charge in [0.05, 0.1) is 12.7 Å². The van der Waals surface area contributed by atoms with Crippen LogP contribution in [0.4, 0.5) is 0 Å². The number of ether oxygens (including phenoxy) is 1. The number of nitrogens with zero attached hydrogens (tertiary/aromatic N) is 3. The molecule has 2 heterocycles. The second-order valence-electron chi connectivity index (χ2n) is 3.02. The zero-order valence-electron chi connectivity index (χ0n) is 8.19. The summed E-state index contributed by atoms with van der Waals surface area (Å²) < 4.78 is 6.18. The molecule has 0 amide bonds. The quantitative estimate of drug-likeness (QED) is 0.690. The average molecular weight is 226 g/mol. The molecule has 2 aromatic rings. The summed E-state index contributed by atoms with van der Waals surface area (Å²) >= 11 is 5.90. The zero-order chi connectivity index (χ0) is 11.0. The Morgan fingerprint density at radius 3 is 3.00 bits per heavy atom. The van der Waals surface area contributed by atoms with E-state index in [0.717, 1.165) is 5.56 Å². The molecule has 0 bridgehead atoms. The Labute approximate surface area is 90.6 Å². The lowest BCUT2D eigenvalue weighted by Gasteiger charge is -1.99. The number of carbonyl (C=O) groups is 1. The molecule has 0 saturated heterocycles. The monoisotopic (exact) mass is 225 g/mol. The van der Waals surface area contributed by atoms with Crippen LogP contribution in [0.25, 0.3) is 5.52 Å². The molecule has 0 aromatic carbocycles. The molecule has 0 spiro atoms. The van der Waals surface area contributed by atoms with Gasteiger partial charge in [-0.25, -0.2) is 14.3 Å². The number of carbonyl (C=O) groups excluding carboxylic acids is 1. The molecule has 0 atom stereocenters. The third-order valence-electron chi connectivity index (χ3n) is 2.11. The first-order chi connectivity index (χ1) is 7.15. The van der Waals surface area contributed by atoms with E-state index in [1.807, 2.05) is 0 Å². The Balaban J connectivity index is 2.82. The number of aromatic nitrogens is 3. The van der Waals surface area contributed by atoms with Crippen LogP contribution in [0.3, 0.4) is 0 Å². The molecule has 0 aliphatic rings. The number of esters is 1. The normalized spacial score (nSPS) is 10.6. The Hall–Kier alpha value is -1.62. The van der Waals surface area contributed by atoms with Crippen LogP contribution >= 0.6 is 11.6 Å². The van der Waals surface area contributed by atoms with Gasteiger partial charge < -0.3 is 4.74 Å². The Morgan fingerprint density at radius 2 is 2.33 bits per heavy atom. The second-order valence-corrected chi connectivity index (χ2v) is 3.38. The van der Waals surface area contributed by atoms with Crippen molar-refractivity contribution < 1.29 is 9.53 Å². The van der Waals surface area contributed by atoms with Crippen molar-refractivity contribution in [3.05, 3.63) is 28.8 Å². The van der Waals surface area contributed by atoms with E-state index in [1.165, 1.54) is 18.0 Å². The second kappa shape index (κ2) is 3.51. The summed E-state index contributed by atoms with van der Waals surface area (Å²) in [7, 11) is 1.32. The van der Waals surface area contributed by atoms with E-state index in [0.29, 0.717) is 11.1 Å². The number of rotatable bonds is 1. The molecule has 2 rings (SSSR count). The number of aryl methyl sites for hydroxylation is 1. The third-order valence-corrected chi connectivity index (χ3v) is 2.38. The number of hydrogen-bond donors (Lipinski definition) is 0. The minimum Gasteiger partial charge on any atom is -0.465 e. The first-order valence-corrected chi connectivity index (χ1v) is 4.59. The molecule has 0 radical (unpaired) electrons. The predicted octanol–water partition coefficient (Wildman–Crippen LogP) is 1.48. The van der Waals surface area contributed by atoms with Crippen molar-refractivity contribution >= 4 is 23.1 Å². The maximum atomic E-state index is 11.5. The molecule has 0 aliphatic heterocycles. The van der Waals surface area contributed by atoms with Crippen LogP contribution < -0.4 is 0 Å². The van der Waals surface area contributed by atoms with Gasteiger partial charge in [-0.1, -0.05) is 11.6 Å². The first-order valence-electron chi connectivity index (χ1n) is 4.22. The summed E-state index contributed by atoms with van der Waals surface area (Å²) in [5.74, 6) is -0.438. The lowest BCUT2D eigenvalue weighted by molar-refractivity contribution is 0.0602. The number of hydrogen-bond acceptors (Lipinski definition) is 4. The SMILES string of the molecule is COC(=O)c1c(C)cn2ncnc(Cl)c12. The van der Waals surface area contributed by atoms with Gasteiger partial charge in [-0.2, -0.15) is 5.10 Å². The zero-order valence-corrected chi connectivity index (χ0v) is 8.95. The Bertz CT molecular complexity index is 535. The molecule has 78 valence electrons. The van der Waals surface area contributed by atoms with Crippen LogP contribution in [-0.4, -0.2) is 27.7 Å². The van der Waals surface area contributed by atoms with Crippen molar-refractivity contribution in [2.75, 3.05) is 7.11 Å². The van der Waals surface area contributed by atoms with Gasteiger partial charge in [0.25, 0.3) is 0 Å². The molecule has 0 aliphatic carbocycles. The summed E-state index contributed by atoms with van der Waals surface area (Å²) in [6.07, 6.45) is 3.03. The molecular formula is C9H8ClN3O2. The summed E-state index contributed by atoms with van der Waals surface area (Å²) in [6, 6.07) is 0. The van der Waals surface area contributed by atoms with Crippen LogP contribution in [0.5, 0.6) is 0 Å². The highest BCUT2D eigenvalue weighted by Crippen LogP contribution is 2.23. The maximum absolute atomic E-state index is 11.5. The summed E-state index contributed by atoms with van der Waals surface area (Å²) in [5, 5.41) is 4.19. The van der Waals surface area contributed by atoms with Gasteiger partial charge in [0.15, 0.2) is 5.15 Å². The molecule has 0 saturated carbocycles. The molecular weight excluding hydrogens is 218 g/mol. The van der Waals surface area contributed by atoms with Gasteiger partial charge in [0, 0.05) is 6.20 Å². The molecule has 5 nitrogen and oxygen atoms in total. The number of halogens is 1. The Kier molecular flexibility index (Phi) is 2.32. The highest BCUT2D eigenvalue weighted by Gasteiger charge is 2.19. The molecule has 0 unspecified atom stereocenters. The summed E-state index contributed by atoms with van der Waals surface area (Å²) in [6.45, 7) is 1.79. The molecule has 15 heavy (non-hydrogen) atoms. The Morgan fingerprint density at radius 1 is 1.60 bits per heavy atom. The fourth-order valence-corrected chi connectivity index (χ4v) is 1.68. The van der Waals surface area contributed by atoms with Gasteiger partial charge in [-0.3, -0.25) is 0 Å². The highest BCUT2D eigenvalue weighted by molar-refractivity contribution is 6.33. The van der Waals surface area contributed by atoms with Crippen molar-refractivity contribution in [2.45, 2.75) is 6.92 Å². The minimum absolute atomic E-state index is 0.235. The molecule has 0 fully saturated rings. The van der Waals surface area contributed by atoms with E-state index < -0.39 is 5.97 Å². The van der Waals surface area contributed by atoms with E-state index in [9.17, 15) is 4.79 Å². The van der Waals surface area contributed by atoms with Crippen molar-refractivity contribution in [3.63, 3.8) is 0 Å². The van der Waals surface area contributed by atoms with Crippen LogP contribution in [0.1, 0.15) is 15.9 Å². The van der Waals surface area contributed by atoms with Gasteiger partial charge in [-0.15, -0.1) is 0 Å². The van der Waals surface area contributed by atoms with Crippen LogP contribution in [0, 0.1) is 6.92 Å². The first kappa shape index (κ1) is 9.92. The lowest BCUT2D eigenvalue weighted by Crippen LogP contribution is -2.03. The topological polar surface area (TPSA) is 56.5 Å². The molecule has 2 aromatic heterocycles. The van der Waals surface area contributed by atoms with E-state index in [4.69, 9.17) is 11.6 Å². The highest BCUT2D eigenvalue weighted by atomic mass is 35.5. The largest absolute Gasteiger partial charge is 0.465 e. The van der Waals surface area contributed by atoms with Crippen LogP contribution in [-0.2, 0) is 4.74 Å². The van der Waals surface area contributed by atoms with Crippen LogP contribution in [0.2, 0.25) is 5.15 Å². The van der Waals surface area contributed by atoms with Crippen molar-refractivity contribution in [1.82, 2.24) is 14.6 Å². The fraction of sp³-hybridized carbons (Fsp3) is 0.222. The summed E-state index contributed by atoms with van der Waals surface area (Å²) in [4.78, 5) is 15.3. The van der Waals surface area contributed by atoms with Gasteiger partial charge in [-0.05, 0) is 12.5 Å². The van der Waals surface area contributed by atoms with Gasteiger partial charge in [0.2, 0.25) is 0 Å². The number of methoxy groups -OCH3 is 1. The molecule has 6 heteroatoms. The minimum atomic E-state index is -0.438. The standard InChI is InChI=1S/C9H8ClN3O2/c1-5-3-13-7(6(5)9(14)15-2)8(10)11-4-12-13/h3-4H,1-2H3. The molecule has 0 N–H and O–H groups in total. The number of fused-ring (bicyclic) bond motifs is 1. The van der Waals surface area contributed by atoms with Gasteiger partial charge >= 0.3 is 5.97 Å². The predicted molar refractivity (Wildman–Crippen MR) is 54.1 cm³/mol. The lowest BCUT2D eigenvalue weighted by atomic mass is 10.2. The van der Waals surface area contributed by atoms with E-state index in [1.54, 1.807) is 13.1 Å². The fourth-order valence-electron chi connectivity index (χ4n) is 1.46. The van der Waals surface area contributed by atoms with Crippen molar-refractivity contribution in [1.29, 1.82) is 0 Å². The van der Waals surface area contributed by atoms with E-state index in [2.05, 4.69) is 14.8 Å². The van der Waals surface area contributed by atoms with Gasteiger partial charge in [0.1, 0.15) is 11.8 Å². The van der Waals surface area contributed by atoms with E-state index in [-0.39, 0.29) is 5.15 Å². The smallest absolute Gasteiger partial charge is 0.340 e. The van der Waals surface area contributed by atoms with Crippen molar-refractivity contribution in [3.8, 4) is 0 Å². The van der Waals surface area contributed by atoms with Crippen molar-refractivity contribution in [2.24, 2.45) is 0 Å². The van der Waals surface area contributed by atoms with E-state index >= 15 is 0 Å². The third kappa shape index (κ3) is 1.45. The maximum Gasteiger partial charge on any atom is 0.340 e. The average Bonchev–Trinajstić information content (AvgIpc) is 2.55. The van der Waals surface area contributed by atoms with Crippen LogP contribution in [0.15, 0.2) is 12.5 Å². The summed E-state index contributed by atoms with van der Waals surface area (Å²) in [5.41, 5.74) is 1.64.